The summed E-state index contributed by atoms with van der Waals surface area (Å²) < 4.78 is 2.55. The Kier molecular flexibility index (Phi) is 9.88. The molecule has 0 bridgehead atoms. The summed E-state index contributed by atoms with van der Waals surface area (Å²) in [6, 6.07) is 0. The first kappa shape index (κ1) is 25.2. The monoisotopic (exact) mass is 449 g/mol. The number of hydrogen-bond donors (Lipinski definition) is 3. The van der Waals surface area contributed by atoms with Crippen molar-refractivity contribution in [3.63, 3.8) is 0 Å². The molecule has 29 heavy (non-hydrogen) atoms. The van der Waals surface area contributed by atoms with E-state index in [0.29, 0.717) is 29.9 Å². The highest BCUT2D eigenvalue weighted by Crippen LogP contribution is 2.18. The van der Waals surface area contributed by atoms with E-state index in [4.69, 9.17) is 5.11 Å². The molecule has 0 unspecified atom stereocenters. The number of fused-ring (bicyclic) bond motifs is 1. The molecule has 0 spiro atoms. The van der Waals surface area contributed by atoms with Crippen LogP contribution in [0, 0.1) is 5.92 Å². The lowest BCUT2D eigenvalue weighted by atomic mass is 9.93. The van der Waals surface area contributed by atoms with Gasteiger partial charge in [-0.05, 0) is 51.1 Å². The SMILES string of the molecule is Cl.Cl.Cn1c(=O)n(CCCCC(=O)O)c(=O)c2[nH]c(CCC3CCNCC3)nc21. The van der Waals surface area contributed by atoms with Crippen molar-refractivity contribution in [2.45, 2.75) is 51.5 Å². The van der Waals surface area contributed by atoms with Crippen molar-refractivity contribution in [1.82, 2.24) is 24.4 Å². The first-order valence-electron chi connectivity index (χ1n) is 9.58. The first-order valence-corrected chi connectivity index (χ1v) is 9.58. The van der Waals surface area contributed by atoms with Crippen molar-refractivity contribution in [3.8, 4) is 0 Å². The van der Waals surface area contributed by atoms with E-state index < -0.39 is 11.7 Å². The van der Waals surface area contributed by atoms with Crippen molar-refractivity contribution in [2.24, 2.45) is 13.0 Å². The molecule has 0 atom stereocenters. The average molecular weight is 450 g/mol. The van der Waals surface area contributed by atoms with Crippen LogP contribution in [0.25, 0.3) is 11.2 Å². The quantitative estimate of drug-likeness (QED) is 0.524. The molecule has 0 amide bonds. The van der Waals surface area contributed by atoms with Gasteiger partial charge in [0.1, 0.15) is 11.3 Å². The average Bonchev–Trinajstić information content (AvgIpc) is 3.09. The number of nitrogens with zero attached hydrogens (tertiary/aromatic N) is 3. The van der Waals surface area contributed by atoms with E-state index >= 15 is 0 Å². The summed E-state index contributed by atoms with van der Waals surface area (Å²) in [7, 11) is 1.61. The van der Waals surface area contributed by atoms with Crippen LogP contribution in [-0.2, 0) is 24.8 Å². The molecule has 9 nitrogen and oxygen atoms in total. The standard InChI is InChI=1S/C18H27N5O4.2ClH/c1-22-16-15(17(26)23(18(22)27)11-3-2-4-14(24)25)20-13(21-16)6-5-12-7-9-19-10-8-12;;/h12,19H,2-11H2,1H3,(H,20,21)(H,24,25);2*1H. The Bertz CT molecular complexity index is 931. The molecule has 1 fully saturated rings. The molecule has 1 aliphatic heterocycles. The summed E-state index contributed by atoms with van der Waals surface area (Å²) >= 11 is 0. The van der Waals surface area contributed by atoms with Gasteiger partial charge in [0.2, 0.25) is 0 Å². The molecular formula is C18H29Cl2N5O4. The summed E-state index contributed by atoms with van der Waals surface area (Å²) in [5, 5.41) is 12.1. The number of rotatable bonds is 8. The van der Waals surface area contributed by atoms with E-state index in [-0.39, 0.29) is 43.3 Å². The molecule has 0 saturated carbocycles. The number of aryl methyl sites for hydroxylation is 2. The fraction of sp³-hybridized carbons (Fsp3) is 0.667. The number of hydrogen-bond acceptors (Lipinski definition) is 5. The number of halogens is 2. The van der Waals surface area contributed by atoms with Crippen molar-refractivity contribution < 1.29 is 9.90 Å². The zero-order chi connectivity index (χ0) is 19.4. The molecule has 1 aliphatic rings. The van der Waals surface area contributed by atoms with Crippen LogP contribution in [0.3, 0.4) is 0 Å². The topological polar surface area (TPSA) is 122 Å². The maximum absolute atomic E-state index is 12.7. The molecule has 3 heterocycles. The second-order valence-corrected chi connectivity index (χ2v) is 7.26. The molecule has 3 rings (SSSR count). The van der Waals surface area contributed by atoms with Crippen LogP contribution in [0.2, 0.25) is 0 Å². The Labute approximate surface area is 180 Å². The number of unbranched alkanes of at least 4 members (excludes halogenated alkanes) is 1. The van der Waals surface area contributed by atoms with Crippen molar-refractivity contribution in [3.05, 3.63) is 26.7 Å². The van der Waals surface area contributed by atoms with Crippen molar-refractivity contribution in [1.29, 1.82) is 0 Å². The lowest BCUT2D eigenvalue weighted by Crippen LogP contribution is -2.39. The molecule has 0 radical (unpaired) electrons. The molecule has 11 heteroatoms. The van der Waals surface area contributed by atoms with Gasteiger partial charge in [0.15, 0.2) is 5.65 Å². The van der Waals surface area contributed by atoms with E-state index in [2.05, 4.69) is 15.3 Å². The number of imidazole rings is 1. The molecule has 0 aliphatic carbocycles. The number of carbonyl (C=O) groups is 1. The van der Waals surface area contributed by atoms with Gasteiger partial charge in [0.05, 0.1) is 0 Å². The van der Waals surface area contributed by atoms with Gasteiger partial charge in [0, 0.05) is 26.4 Å². The largest absolute Gasteiger partial charge is 0.481 e. The lowest BCUT2D eigenvalue weighted by Gasteiger charge is -2.21. The Balaban J connectivity index is 0.00000210. The van der Waals surface area contributed by atoms with Gasteiger partial charge < -0.3 is 15.4 Å². The van der Waals surface area contributed by atoms with Crippen LogP contribution in [0.4, 0.5) is 0 Å². The number of H-pyrrole nitrogens is 1. The fourth-order valence-electron chi connectivity index (χ4n) is 3.67. The number of piperidine rings is 1. The number of nitrogens with one attached hydrogen (secondary N) is 2. The van der Waals surface area contributed by atoms with E-state index in [0.717, 1.165) is 44.6 Å². The van der Waals surface area contributed by atoms with Crippen LogP contribution in [-0.4, -0.2) is 43.3 Å². The Morgan fingerprint density at radius 2 is 1.90 bits per heavy atom. The summed E-state index contributed by atoms with van der Waals surface area (Å²) in [6.07, 6.45) is 4.99. The number of carboxylic acids is 1. The van der Waals surface area contributed by atoms with Crippen LogP contribution >= 0.6 is 24.8 Å². The second kappa shape index (κ2) is 11.4. The minimum Gasteiger partial charge on any atom is -0.481 e. The molecule has 0 aromatic carbocycles. The Morgan fingerprint density at radius 1 is 1.21 bits per heavy atom. The van der Waals surface area contributed by atoms with Crippen molar-refractivity contribution in [2.75, 3.05) is 13.1 Å². The van der Waals surface area contributed by atoms with Crippen LogP contribution < -0.4 is 16.6 Å². The third-order valence-electron chi connectivity index (χ3n) is 5.30. The van der Waals surface area contributed by atoms with Gasteiger partial charge >= 0.3 is 11.7 Å². The maximum atomic E-state index is 12.7. The Hall–Kier alpha value is -1.84. The highest BCUT2D eigenvalue weighted by molar-refractivity contribution is 5.85. The first-order chi connectivity index (χ1) is 13.0. The number of aliphatic carboxylic acids is 1. The van der Waals surface area contributed by atoms with Crippen LogP contribution in [0.5, 0.6) is 0 Å². The van der Waals surface area contributed by atoms with Gasteiger partial charge in [-0.15, -0.1) is 24.8 Å². The van der Waals surface area contributed by atoms with Gasteiger partial charge in [-0.25, -0.2) is 9.78 Å². The zero-order valence-corrected chi connectivity index (χ0v) is 18.1. The predicted molar refractivity (Wildman–Crippen MR) is 115 cm³/mol. The molecule has 1 saturated heterocycles. The summed E-state index contributed by atoms with van der Waals surface area (Å²) in [6.45, 7) is 2.30. The molecule has 2 aromatic rings. The summed E-state index contributed by atoms with van der Waals surface area (Å²) in [5.74, 6) is 0.520. The van der Waals surface area contributed by atoms with Crippen LogP contribution in [0.15, 0.2) is 9.59 Å². The minimum atomic E-state index is -0.877. The molecule has 164 valence electrons. The van der Waals surface area contributed by atoms with E-state index in [1.54, 1.807) is 7.05 Å². The lowest BCUT2D eigenvalue weighted by molar-refractivity contribution is -0.137. The zero-order valence-electron chi connectivity index (χ0n) is 16.5. The normalized spacial score (nSPS) is 14.4. The van der Waals surface area contributed by atoms with Gasteiger partial charge in [-0.1, -0.05) is 0 Å². The molecule has 2 aromatic heterocycles. The van der Waals surface area contributed by atoms with Gasteiger partial charge in [0.25, 0.3) is 5.56 Å². The van der Waals surface area contributed by atoms with Gasteiger partial charge in [-0.3, -0.25) is 18.7 Å². The number of carboxylic acid groups (broad SMARTS) is 1. The highest BCUT2D eigenvalue weighted by atomic mass is 35.5. The predicted octanol–water partition coefficient (Wildman–Crippen LogP) is 1.45. The molecule has 3 N–H and O–H groups in total. The van der Waals surface area contributed by atoms with E-state index in [1.165, 1.54) is 9.13 Å². The fourth-order valence-corrected chi connectivity index (χ4v) is 3.67. The van der Waals surface area contributed by atoms with E-state index in [1.807, 2.05) is 0 Å². The third kappa shape index (κ3) is 6.07. The van der Waals surface area contributed by atoms with Gasteiger partial charge in [-0.2, -0.15) is 0 Å². The van der Waals surface area contributed by atoms with Crippen molar-refractivity contribution >= 4 is 41.9 Å². The number of aromatic amines is 1. The smallest absolute Gasteiger partial charge is 0.332 e. The highest BCUT2D eigenvalue weighted by Gasteiger charge is 2.17. The summed E-state index contributed by atoms with van der Waals surface area (Å²) in [4.78, 5) is 43.4. The minimum absolute atomic E-state index is 0. The van der Waals surface area contributed by atoms with E-state index in [9.17, 15) is 14.4 Å². The maximum Gasteiger partial charge on any atom is 0.332 e. The number of aromatic nitrogens is 4. The third-order valence-corrected chi connectivity index (χ3v) is 5.30. The van der Waals surface area contributed by atoms with Crippen LogP contribution in [0.1, 0.15) is 44.3 Å². The second-order valence-electron chi connectivity index (χ2n) is 7.26. The Morgan fingerprint density at radius 3 is 2.55 bits per heavy atom. The summed E-state index contributed by atoms with van der Waals surface area (Å²) in [5.41, 5.74) is -0.0778. The molecular weight excluding hydrogens is 421 g/mol.